The summed E-state index contributed by atoms with van der Waals surface area (Å²) in [7, 11) is 3.29. The molecule has 1 fully saturated rings. The highest BCUT2D eigenvalue weighted by Gasteiger charge is 2.29. The van der Waals surface area contributed by atoms with Crippen LogP contribution in [0.4, 0.5) is 0 Å². The van der Waals surface area contributed by atoms with E-state index in [0.717, 1.165) is 41.2 Å². The maximum Gasteiger partial charge on any atom is 0.195 e. The number of ether oxygens (including phenoxy) is 2. The zero-order chi connectivity index (χ0) is 32.5. The van der Waals surface area contributed by atoms with Crippen molar-refractivity contribution in [2.75, 3.05) is 14.2 Å². The number of aryl methyl sites for hydroxylation is 1. The molecule has 0 aliphatic heterocycles. The van der Waals surface area contributed by atoms with Gasteiger partial charge in [0.05, 0.1) is 19.8 Å². The van der Waals surface area contributed by atoms with Gasteiger partial charge < -0.3 is 9.47 Å². The van der Waals surface area contributed by atoms with Gasteiger partial charge in [0.1, 0.15) is 11.5 Å². The van der Waals surface area contributed by atoms with Crippen molar-refractivity contribution in [2.24, 2.45) is 23.7 Å². The molecule has 0 aromatic heterocycles. The molecular weight excluding hydrogens is 532 g/mol. The number of carbonyl (C=O) groups is 2. The summed E-state index contributed by atoms with van der Waals surface area (Å²) in [5.74, 6) is 4.72. The van der Waals surface area contributed by atoms with Gasteiger partial charge in [-0.15, -0.1) is 0 Å². The van der Waals surface area contributed by atoms with Crippen LogP contribution in [0.3, 0.4) is 0 Å². The molecule has 3 aromatic carbocycles. The first kappa shape index (κ1) is 37.1. The average molecular weight is 585 g/mol. The lowest BCUT2D eigenvalue weighted by Crippen LogP contribution is -2.29. The lowest BCUT2D eigenvalue weighted by molar-refractivity contribution is -0.113. The van der Waals surface area contributed by atoms with Crippen molar-refractivity contribution >= 4 is 17.6 Å². The van der Waals surface area contributed by atoms with Crippen LogP contribution in [0, 0.1) is 30.6 Å². The van der Waals surface area contributed by atoms with Crippen LogP contribution in [0.2, 0.25) is 0 Å². The predicted molar refractivity (Wildman–Crippen MR) is 182 cm³/mol. The summed E-state index contributed by atoms with van der Waals surface area (Å²) in [6.07, 6.45) is 4.28. The van der Waals surface area contributed by atoms with Crippen LogP contribution in [0.1, 0.15) is 75.0 Å². The molecule has 43 heavy (non-hydrogen) atoms. The smallest absolute Gasteiger partial charge is 0.195 e. The molecule has 1 saturated carbocycles. The van der Waals surface area contributed by atoms with Gasteiger partial charge in [-0.2, -0.15) is 0 Å². The Morgan fingerprint density at radius 3 is 1.72 bits per heavy atom. The molecule has 0 N–H and O–H groups in total. The van der Waals surface area contributed by atoms with Crippen LogP contribution in [0.5, 0.6) is 11.5 Å². The minimum atomic E-state index is -0.284. The molecule has 3 atom stereocenters. The fraction of sp³-hybridized carbons (Fsp3) is 0.385. The Hall–Kier alpha value is -3.92. The number of hydrogen-bond acceptors (Lipinski definition) is 4. The van der Waals surface area contributed by atoms with Gasteiger partial charge in [-0.1, -0.05) is 108 Å². The van der Waals surface area contributed by atoms with E-state index in [1.165, 1.54) is 24.5 Å². The number of Topliss-reactive ketones (excluding diaryl/α,β-unsaturated/α-hetero) is 2. The van der Waals surface area contributed by atoms with E-state index >= 15 is 0 Å². The fourth-order valence-electron chi connectivity index (χ4n) is 4.52. The van der Waals surface area contributed by atoms with Crippen molar-refractivity contribution in [1.82, 2.24) is 0 Å². The van der Waals surface area contributed by atoms with Crippen LogP contribution in [0.25, 0.3) is 6.08 Å². The molecular formula is C39H52O4. The van der Waals surface area contributed by atoms with E-state index < -0.39 is 0 Å². The monoisotopic (exact) mass is 584 g/mol. The molecule has 0 radical (unpaired) electrons. The van der Waals surface area contributed by atoms with Crippen molar-refractivity contribution in [1.29, 1.82) is 0 Å². The van der Waals surface area contributed by atoms with Crippen LogP contribution >= 0.6 is 0 Å². The topological polar surface area (TPSA) is 52.6 Å². The van der Waals surface area contributed by atoms with Gasteiger partial charge in [0, 0.05) is 11.6 Å². The van der Waals surface area contributed by atoms with Crippen molar-refractivity contribution < 1.29 is 19.1 Å². The van der Waals surface area contributed by atoms with E-state index in [1.807, 2.05) is 73.7 Å². The molecule has 0 spiro atoms. The number of rotatable bonds is 8. The highest BCUT2D eigenvalue weighted by Crippen LogP contribution is 2.38. The lowest BCUT2D eigenvalue weighted by Gasteiger charge is -2.38. The first-order chi connectivity index (χ1) is 20.3. The largest absolute Gasteiger partial charge is 0.497 e. The van der Waals surface area contributed by atoms with Crippen LogP contribution in [0.15, 0.2) is 91.5 Å². The SMILES string of the molecule is C=C(C(C)=O)C(=O)c1ccc(CC(C)C)cc1.C=Cc1ccccc1.CC1C[C@@H](C)C1C.COc1cc(C)cc(OC)c1. The number of hydrogen-bond donors (Lipinski definition) is 0. The molecule has 232 valence electrons. The molecule has 1 aliphatic rings. The molecule has 4 nitrogen and oxygen atoms in total. The Balaban J connectivity index is 0.000000305. The van der Waals surface area contributed by atoms with Crippen molar-refractivity contribution in [3.8, 4) is 11.5 Å². The Kier molecular flexibility index (Phi) is 16.7. The second-order valence-corrected chi connectivity index (χ2v) is 11.7. The molecule has 0 bridgehead atoms. The minimum Gasteiger partial charge on any atom is -0.497 e. The highest BCUT2D eigenvalue weighted by molar-refractivity contribution is 6.25. The Labute approximate surface area is 260 Å². The third-order valence-electron chi connectivity index (χ3n) is 7.63. The number of ketones is 2. The maximum atomic E-state index is 11.8. The third-order valence-corrected chi connectivity index (χ3v) is 7.63. The summed E-state index contributed by atoms with van der Waals surface area (Å²) < 4.78 is 10.1. The van der Waals surface area contributed by atoms with E-state index in [9.17, 15) is 9.59 Å². The van der Waals surface area contributed by atoms with Gasteiger partial charge in [0.15, 0.2) is 11.6 Å². The molecule has 4 heteroatoms. The second kappa shape index (κ2) is 19.3. The lowest BCUT2D eigenvalue weighted by atomic mass is 9.68. The quantitative estimate of drug-likeness (QED) is 0.114. The van der Waals surface area contributed by atoms with Crippen molar-refractivity contribution in [2.45, 2.75) is 61.3 Å². The third kappa shape index (κ3) is 13.7. The zero-order valence-electron chi connectivity index (χ0n) is 27.8. The summed E-state index contributed by atoms with van der Waals surface area (Å²) in [6, 6.07) is 23.2. The van der Waals surface area contributed by atoms with Gasteiger partial charge in [0.2, 0.25) is 0 Å². The van der Waals surface area contributed by atoms with Crippen LogP contribution in [-0.2, 0) is 11.2 Å². The van der Waals surface area contributed by atoms with Gasteiger partial charge in [0.25, 0.3) is 0 Å². The van der Waals surface area contributed by atoms with E-state index in [4.69, 9.17) is 9.47 Å². The van der Waals surface area contributed by atoms with Gasteiger partial charge in [-0.05, 0) is 79.2 Å². The van der Waals surface area contributed by atoms with E-state index in [1.54, 1.807) is 26.4 Å². The Morgan fingerprint density at radius 2 is 1.40 bits per heavy atom. The minimum absolute atomic E-state index is 0.0432. The van der Waals surface area contributed by atoms with E-state index in [-0.39, 0.29) is 17.1 Å². The molecule has 0 heterocycles. The van der Waals surface area contributed by atoms with Gasteiger partial charge >= 0.3 is 0 Å². The molecule has 3 aromatic rings. The van der Waals surface area contributed by atoms with Crippen molar-refractivity contribution in [3.63, 3.8) is 0 Å². The normalized spacial score (nSPS) is 16.4. The number of allylic oxidation sites excluding steroid dienone is 1. The summed E-state index contributed by atoms with van der Waals surface area (Å²) >= 11 is 0. The summed E-state index contributed by atoms with van der Waals surface area (Å²) in [5, 5.41) is 0. The first-order valence-electron chi connectivity index (χ1n) is 15.0. The standard InChI is InChI=1S/C15H18O2.C9H12O2.C8H8.C7H14/c1-10(2)9-13-5-7-14(8-6-13)15(17)11(3)12(4)16;1-7-4-8(10-2)6-9(5-7)11-3;1-2-8-6-4-3-5-7-8;1-5-4-6(2)7(5)3/h5-8,10H,3,9H2,1-2,4H3;4-6H,1-3H3;2-7H,1H2;5-7H,4H2,1-3H3/t;;;5-,6?,7?/m...1/s1. The van der Waals surface area contributed by atoms with Gasteiger partial charge in [-0.3, -0.25) is 9.59 Å². The van der Waals surface area contributed by atoms with Crippen LogP contribution in [-0.4, -0.2) is 25.8 Å². The molecule has 0 saturated heterocycles. The second-order valence-electron chi connectivity index (χ2n) is 11.7. The Bertz CT molecular complexity index is 1260. The summed E-state index contributed by atoms with van der Waals surface area (Å²) in [4.78, 5) is 22.8. The molecule has 2 unspecified atom stereocenters. The molecule has 1 aliphatic carbocycles. The molecule has 4 rings (SSSR count). The van der Waals surface area contributed by atoms with Crippen LogP contribution < -0.4 is 9.47 Å². The first-order valence-corrected chi connectivity index (χ1v) is 15.0. The summed E-state index contributed by atoms with van der Waals surface area (Å²) in [5.41, 5.74) is 4.08. The van der Waals surface area contributed by atoms with E-state index in [2.05, 4.69) is 47.8 Å². The van der Waals surface area contributed by atoms with Gasteiger partial charge in [-0.25, -0.2) is 0 Å². The molecule has 0 amide bonds. The average Bonchev–Trinajstić information content (AvgIpc) is 3.01. The predicted octanol–water partition coefficient (Wildman–Crippen LogP) is 9.85. The number of carbonyl (C=O) groups excluding carboxylic acids is 2. The maximum absolute atomic E-state index is 11.8. The number of benzene rings is 3. The number of methoxy groups -OCH3 is 2. The fourth-order valence-corrected chi connectivity index (χ4v) is 4.52. The van der Waals surface area contributed by atoms with Crippen molar-refractivity contribution in [3.05, 3.63) is 114 Å². The Morgan fingerprint density at radius 1 is 0.884 bits per heavy atom. The van der Waals surface area contributed by atoms with E-state index in [0.29, 0.717) is 11.5 Å². The summed E-state index contributed by atoms with van der Waals surface area (Å²) in [6.45, 7) is 21.8. The highest BCUT2D eigenvalue weighted by atomic mass is 16.5. The zero-order valence-corrected chi connectivity index (χ0v) is 27.8.